The molecule has 172 valence electrons. The Hall–Kier alpha value is -0.0631. The number of hydrogen-bond acceptors (Lipinski definition) is 8. The van der Waals surface area contributed by atoms with Crippen LogP contribution in [-0.4, -0.2) is 63.1 Å². The van der Waals surface area contributed by atoms with Gasteiger partial charge in [0.15, 0.2) is 5.12 Å². The van der Waals surface area contributed by atoms with E-state index in [1.807, 2.05) is 47.8 Å². The highest BCUT2D eigenvalue weighted by Gasteiger charge is 2.39. The number of hydrogen-bond donors (Lipinski definition) is 0. The highest BCUT2D eigenvalue weighted by Crippen LogP contribution is 2.25. The van der Waals surface area contributed by atoms with Crippen molar-refractivity contribution in [2.24, 2.45) is 5.92 Å². The molecule has 0 amide bonds. The molecule has 29 heavy (non-hydrogen) atoms. The number of rotatable bonds is 16. The van der Waals surface area contributed by atoms with Crippen LogP contribution in [0.15, 0.2) is 0 Å². The zero-order chi connectivity index (χ0) is 22.3. The number of carbonyl (C=O) groups excluding carboxylic acids is 2. The minimum atomic E-state index is -2.67. The van der Waals surface area contributed by atoms with E-state index in [-0.39, 0.29) is 23.4 Å². The smallest absolute Gasteiger partial charge is 0.460 e. The van der Waals surface area contributed by atoms with Gasteiger partial charge in [-0.3, -0.25) is 9.59 Å². The van der Waals surface area contributed by atoms with Crippen molar-refractivity contribution in [2.75, 3.05) is 37.6 Å². The molecule has 0 spiro atoms. The third kappa shape index (κ3) is 13.8. The Balaban J connectivity index is 4.70. The van der Waals surface area contributed by atoms with Crippen molar-refractivity contribution >= 4 is 43.4 Å². The molecule has 0 saturated carbocycles. The second-order valence-corrected chi connectivity index (χ2v) is 12.3. The van der Waals surface area contributed by atoms with Gasteiger partial charge in [-0.15, -0.1) is 0 Å². The second-order valence-electron chi connectivity index (χ2n) is 7.52. The molecule has 0 bridgehead atoms. The van der Waals surface area contributed by atoms with Crippen molar-refractivity contribution in [3.63, 3.8) is 0 Å². The molecule has 9 heteroatoms. The Labute approximate surface area is 186 Å². The van der Waals surface area contributed by atoms with Crippen molar-refractivity contribution in [3.8, 4) is 0 Å². The number of esters is 1. The lowest BCUT2D eigenvalue weighted by molar-refractivity contribution is -0.156. The van der Waals surface area contributed by atoms with Crippen LogP contribution in [0.3, 0.4) is 0 Å². The van der Waals surface area contributed by atoms with Crippen molar-refractivity contribution in [1.82, 2.24) is 0 Å². The molecule has 0 aromatic carbocycles. The summed E-state index contributed by atoms with van der Waals surface area (Å²) >= 11 is 2.97. The van der Waals surface area contributed by atoms with Crippen LogP contribution in [0.25, 0.3) is 0 Å². The van der Waals surface area contributed by atoms with Crippen LogP contribution in [0.4, 0.5) is 0 Å². The monoisotopic (exact) mass is 468 g/mol. The van der Waals surface area contributed by atoms with Gasteiger partial charge in [-0.25, -0.2) is 0 Å². The van der Waals surface area contributed by atoms with Crippen LogP contribution < -0.4 is 0 Å². The van der Waals surface area contributed by atoms with Gasteiger partial charge in [0, 0.05) is 37.5 Å². The molecule has 0 saturated heterocycles. The average molecular weight is 469 g/mol. The van der Waals surface area contributed by atoms with Crippen LogP contribution in [0, 0.1) is 5.92 Å². The minimum Gasteiger partial charge on any atom is -0.460 e. The van der Waals surface area contributed by atoms with Gasteiger partial charge in [-0.05, 0) is 66.4 Å². The van der Waals surface area contributed by atoms with E-state index in [0.29, 0.717) is 38.0 Å². The lowest BCUT2D eigenvalue weighted by atomic mass is 10.0. The molecule has 0 N–H and O–H groups in total. The summed E-state index contributed by atoms with van der Waals surface area (Å²) in [6.45, 7) is 13.0. The predicted molar refractivity (Wildman–Crippen MR) is 124 cm³/mol. The van der Waals surface area contributed by atoms with Crippen molar-refractivity contribution in [2.45, 2.75) is 72.5 Å². The normalized spacial score (nSPS) is 13.3. The highest BCUT2D eigenvalue weighted by atomic mass is 32.2. The fourth-order valence-electron chi connectivity index (χ4n) is 2.73. The van der Waals surface area contributed by atoms with Crippen LogP contribution in [0.5, 0.6) is 0 Å². The molecule has 0 aliphatic rings. The Morgan fingerprint density at radius 2 is 1.52 bits per heavy atom. The highest BCUT2D eigenvalue weighted by molar-refractivity contribution is 8.13. The topological polar surface area (TPSA) is 71.1 Å². The predicted octanol–water partition coefficient (Wildman–Crippen LogP) is 4.79. The summed E-state index contributed by atoms with van der Waals surface area (Å²) in [4.78, 5) is 24.9. The van der Waals surface area contributed by atoms with Gasteiger partial charge in [0.2, 0.25) is 0 Å². The summed E-state index contributed by atoms with van der Waals surface area (Å²) in [6, 6.07) is 0.685. The number of carbonyl (C=O) groups is 2. The van der Waals surface area contributed by atoms with Gasteiger partial charge in [0.25, 0.3) is 0 Å². The maximum Gasteiger partial charge on any atom is 0.500 e. The van der Waals surface area contributed by atoms with E-state index in [0.717, 1.165) is 12.2 Å². The molecule has 6 nitrogen and oxygen atoms in total. The van der Waals surface area contributed by atoms with E-state index in [2.05, 4.69) is 0 Å². The molecule has 0 radical (unpaired) electrons. The number of thioether (sulfide) groups is 2. The molecular formula is C20H40O6S2Si. The van der Waals surface area contributed by atoms with Gasteiger partial charge in [0.05, 0.1) is 6.42 Å². The van der Waals surface area contributed by atoms with E-state index in [1.165, 1.54) is 11.8 Å². The molecule has 1 atom stereocenters. The standard InChI is InChI=1S/C20H40O6S2Si/c1-8-23-29(24-9-2,25-10-3)15-11-13-28-19(22)17(12-14-27-7)16-18(21)26-20(4,5)6/h17H,8-16H2,1-7H3. The molecule has 0 heterocycles. The molecule has 0 fully saturated rings. The first-order valence-electron chi connectivity index (χ1n) is 10.4. The van der Waals surface area contributed by atoms with Crippen molar-refractivity contribution in [3.05, 3.63) is 0 Å². The summed E-state index contributed by atoms with van der Waals surface area (Å²) in [6.07, 6.45) is 3.59. The zero-order valence-electron chi connectivity index (χ0n) is 19.2. The van der Waals surface area contributed by atoms with Crippen LogP contribution in [0.2, 0.25) is 6.04 Å². The lowest BCUT2D eigenvalue weighted by Crippen LogP contribution is -2.46. The molecule has 0 rings (SSSR count). The molecule has 0 aromatic rings. The Kier molecular flexibility index (Phi) is 15.7. The number of ether oxygens (including phenoxy) is 1. The van der Waals surface area contributed by atoms with E-state index in [9.17, 15) is 9.59 Å². The van der Waals surface area contributed by atoms with E-state index < -0.39 is 14.4 Å². The largest absolute Gasteiger partial charge is 0.500 e. The summed E-state index contributed by atoms with van der Waals surface area (Å²) in [5, 5.41) is 0.0569. The molecule has 0 aromatic heterocycles. The van der Waals surface area contributed by atoms with Crippen molar-refractivity contribution < 1.29 is 27.6 Å². The maximum atomic E-state index is 12.7. The second kappa shape index (κ2) is 15.7. The lowest BCUT2D eigenvalue weighted by Gasteiger charge is -2.28. The van der Waals surface area contributed by atoms with Crippen LogP contribution >= 0.6 is 23.5 Å². The minimum absolute atomic E-state index is 0.0569. The Morgan fingerprint density at radius 3 is 1.97 bits per heavy atom. The average Bonchev–Trinajstić information content (AvgIpc) is 2.61. The summed E-state index contributed by atoms with van der Waals surface area (Å²) in [5.41, 5.74) is -0.539. The first kappa shape index (κ1) is 28.9. The molecule has 1 unspecified atom stereocenters. The Bertz CT molecular complexity index is 453. The summed E-state index contributed by atoms with van der Waals surface area (Å²) in [7, 11) is -2.67. The van der Waals surface area contributed by atoms with Crippen molar-refractivity contribution in [1.29, 1.82) is 0 Å². The SMILES string of the molecule is CCO[Si](CCCSC(=O)C(CCSC)CC(=O)OC(C)(C)C)(OCC)OCC. The summed E-state index contributed by atoms with van der Waals surface area (Å²) < 4.78 is 23.0. The third-order valence-electron chi connectivity index (χ3n) is 3.80. The first-order chi connectivity index (χ1) is 13.6. The van der Waals surface area contributed by atoms with Crippen LogP contribution in [-0.2, 0) is 27.6 Å². The van der Waals surface area contributed by atoms with Gasteiger partial charge in [0.1, 0.15) is 5.60 Å². The fraction of sp³-hybridized carbons (Fsp3) is 0.900. The van der Waals surface area contributed by atoms with Gasteiger partial charge >= 0.3 is 14.8 Å². The quantitative estimate of drug-likeness (QED) is 0.182. The van der Waals surface area contributed by atoms with E-state index in [1.54, 1.807) is 11.8 Å². The Morgan fingerprint density at radius 1 is 0.966 bits per heavy atom. The van der Waals surface area contributed by atoms with Gasteiger partial charge in [-0.1, -0.05) is 11.8 Å². The van der Waals surface area contributed by atoms with Crippen LogP contribution in [0.1, 0.15) is 60.8 Å². The maximum absolute atomic E-state index is 12.7. The molecular weight excluding hydrogens is 428 g/mol. The summed E-state index contributed by atoms with van der Waals surface area (Å²) in [5.74, 6) is 0.877. The third-order valence-corrected chi connectivity index (χ3v) is 8.71. The first-order valence-corrected chi connectivity index (χ1v) is 14.7. The van der Waals surface area contributed by atoms with Gasteiger partial charge < -0.3 is 18.0 Å². The molecule has 0 aliphatic heterocycles. The molecule has 0 aliphatic carbocycles. The van der Waals surface area contributed by atoms with E-state index >= 15 is 0 Å². The van der Waals surface area contributed by atoms with Gasteiger partial charge in [-0.2, -0.15) is 11.8 Å². The fourth-order valence-corrected chi connectivity index (χ4v) is 7.04. The van der Waals surface area contributed by atoms with E-state index in [4.69, 9.17) is 18.0 Å². The zero-order valence-corrected chi connectivity index (χ0v) is 21.8.